The van der Waals surface area contributed by atoms with Gasteiger partial charge in [0, 0.05) is 22.7 Å². The first-order valence-corrected chi connectivity index (χ1v) is 6.29. The van der Waals surface area contributed by atoms with E-state index in [4.69, 9.17) is 18.0 Å². The molecule has 0 spiro atoms. The molecule has 2 nitrogen and oxygen atoms in total. The number of amides is 1. The first-order valence-electron chi connectivity index (χ1n) is 5.76. The van der Waals surface area contributed by atoms with Crippen LogP contribution < -0.4 is 5.32 Å². The monoisotopic (exact) mass is 269 g/mol. The van der Waals surface area contributed by atoms with E-state index in [0.29, 0.717) is 17.1 Å². The minimum absolute atomic E-state index is 0.158. The molecule has 0 unspecified atom stereocenters. The fourth-order valence-corrected chi connectivity index (χ4v) is 1.78. The lowest BCUT2D eigenvalue weighted by molar-refractivity contribution is 0.102. The Morgan fingerprint density at radius 2 is 1.74 bits per heavy atom. The average Bonchev–Trinajstić information content (AvgIpc) is 2.48. The van der Waals surface area contributed by atoms with Crippen molar-refractivity contribution < 1.29 is 4.79 Å². The Balaban J connectivity index is 2.09. The van der Waals surface area contributed by atoms with Gasteiger partial charge in [0.1, 0.15) is 0 Å². The van der Waals surface area contributed by atoms with Crippen molar-refractivity contribution >= 4 is 23.2 Å². The molecule has 0 heterocycles. The van der Waals surface area contributed by atoms with Crippen LogP contribution in [-0.2, 0) is 5.88 Å². The lowest BCUT2D eigenvalue weighted by Gasteiger charge is -2.05. The quantitative estimate of drug-likeness (QED) is 0.669. The molecule has 0 aliphatic heterocycles. The van der Waals surface area contributed by atoms with Gasteiger partial charge in [-0.25, -0.2) is 0 Å². The van der Waals surface area contributed by atoms with Gasteiger partial charge in [-0.2, -0.15) is 0 Å². The van der Waals surface area contributed by atoms with Crippen molar-refractivity contribution in [3.8, 4) is 12.3 Å². The van der Waals surface area contributed by atoms with E-state index in [1.807, 2.05) is 12.1 Å². The van der Waals surface area contributed by atoms with Gasteiger partial charge in [-0.3, -0.25) is 4.79 Å². The molecule has 1 N–H and O–H groups in total. The number of nitrogens with one attached hydrogen (secondary N) is 1. The van der Waals surface area contributed by atoms with Crippen molar-refractivity contribution in [1.82, 2.24) is 0 Å². The van der Waals surface area contributed by atoms with Crippen molar-refractivity contribution in [3.63, 3.8) is 0 Å². The maximum atomic E-state index is 12.0. The summed E-state index contributed by atoms with van der Waals surface area (Å²) in [5.41, 5.74) is 3.07. The van der Waals surface area contributed by atoms with E-state index in [-0.39, 0.29) is 5.91 Å². The number of anilines is 1. The zero-order valence-electron chi connectivity index (χ0n) is 10.2. The Kier molecular flexibility index (Phi) is 4.22. The van der Waals surface area contributed by atoms with E-state index in [2.05, 4.69) is 11.2 Å². The Bertz CT molecular complexity index is 609. The summed E-state index contributed by atoms with van der Waals surface area (Å²) in [5, 5.41) is 2.81. The highest BCUT2D eigenvalue weighted by Gasteiger charge is 2.05. The summed E-state index contributed by atoms with van der Waals surface area (Å²) in [7, 11) is 0. The molecule has 3 heteroatoms. The van der Waals surface area contributed by atoms with Crippen molar-refractivity contribution in [2.75, 3.05) is 5.32 Å². The van der Waals surface area contributed by atoms with Gasteiger partial charge in [0.2, 0.25) is 0 Å². The third-order valence-electron chi connectivity index (χ3n) is 2.68. The number of benzene rings is 2. The molecule has 0 atom stereocenters. The van der Waals surface area contributed by atoms with Crippen LogP contribution in [0.25, 0.3) is 0 Å². The maximum Gasteiger partial charge on any atom is 0.255 e. The van der Waals surface area contributed by atoms with Crippen molar-refractivity contribution in [2.45, 2.75) is 5.88 Å². The second kappa shape index (κ2) is 6.08. The van der Waals surface area contributed by atoms with Gasteiger partial charge in [0.15, 0.2) is 0 Å². The molecule has 19 heavy (non-hydrogen) atoms. The van der Waals surface area contributed by atoms with Crippen LogP contribution in [0, 0.1) is 12.3 Å². The summed E-state index contributed by atoms with van der Waals surface area (Å²) in [5.74, 6) is 2.81. The third-order valence-corrected chi connectivity index (χ3v) is 2.99. The topological polar surface area (TPSA) is 29.1 Å². The van der Waals surface area contributed by atoms with Crippen LogP contribution in [0.3, 0.4) is 0 Å². The maximum absolute atomic E-state index is 12.0. The number of halogens is 1. The van der Waals surface area contributed by atoms with Crippen LogP contribution in [0.4, 0.5) is 5.69 Å². The van der Waals surface area contributed by atoms with Crippen molar-refractivity contribution in [1.29, 1.82) is 0 Å². The van der Waals surface area contributed by atoms with Gasteiger partial charge in [0.05, 0.1) is 0 Å². The molecular formula is C16H12ClNO. The first kappa shape index (κ1) is 13.2. The molecule has 0 fully saturated rings. The largest absolute Gasteiger partial charge is 0.322 e. The number of hydrogen-bond acceptors (Lipinski definition) is 1. The van der Waals surface area contributed by atoms with E-state index < -0.39 is 0 Å². The van der Waals surface area contributed by atoms with Crippen molar-refractivity contribution in [2.24, 2.45) is 0 Å². The molecule has 0 aliphatic carbocycles. The van der Waals surface area contributed by atoms with E-state index >= 15 is 0 Å². The number of carbonyl (C=O) groups excluding carboxylic acids is 1. The normalized spacial score (nSPS) is 9.68. The van der Waals surface area contributed by atoms with Crippen LogP contribution in [0.1, 0.15) is 21.5 Å². The Morgan fingerprint density at radius 1 is 1.11 bits per heavy atom. The van der Waals surface area contributed by atoms with Crippen LogP contribution in [0.5, 0.6) is 0 Å². The number of rotatable bonds is 3. The van der Waals surface area contributed by atoms with Crippen molar-refractivity contribution in [3.05, 3.63) is 65.2 Å². The SMILES string of the molecule is C#Cc1ccc(NC(=O)c2ccc(CCl)cc2)cc1. The molecule has 0 saturated carbocycles. The van der Waals surface area contributed by atoms with Gasteiger partial charge in [-0.1, -0.05) is 18.1 Å². The van der Waals surface area contributed by atoms with Gasteiger partial charge in [0.25, 0.3) is 5.91 Å². The summed E-state index contributed by atoms with van der Waals surface area (Å²) < 4.78 is 0. The standard InChI is InChI=1S/C16H12ClNO/c1-2-12-5-9-15(10-6-12)18-16(19)14-7-3-13(11-17)4-8-14/h1,3-10H,11H2,(H,18,19). The van der Waals surface area contributed by atoms with Crippen LogP contribution in [0.2, 0.25) is 0 Å². The predicted molar refractivity (Wildman–Crippen MR) is 78.3 cm³/mol. The third kappa shape index (κ3) is 3.37. The lowest BCUT2D eigenvalue weighted by Crippen LogP contribution is -2.11. The Morgan fingerprint density at radius 3 is 2.26 bits per heavy atom. The number of alkyl halides is 1. The van der Waals surface area contributed by atoms with Gasteiger partial charge in [-0.05, 0) is 42.0 Å². The Hall–Kier alpha value is -2.24. The second-order valence-corrected chi connectivity index (χ2v) is 4.27. The lowest BCUT2D eigenvalue weighted by atomic mass is 10.1. The second-order valence-electron chi connectivity index (χ2n) is 4.01. The molecule has 0 bridgehead atoms. The fraction of sp³-hybridized carbons (Fsp3) is 0.0625. The number of hydrogen-bond donors (Lipinski definition) is 1. The van der Waals surface area contributed by atoms with Gasteiger partial charge in [-0.15, -0.1) is 18.0 Å². The van der Waals surface area contributed by atoms with Gasteiger partial charge < -0.3 is 5.32 Å². The molecule has 0 radical (unpaired) electrons. The molecule has 0 aliphatic rings. The highest BCUT2D eigenvalue weighted by Crippen LogP contribution is 2.12. The van der Waals surface area contributed by atoms with Gasteiger partial charge >= 0.3 is 0 Å². The summed E-state index contributed by atoms with van der Waals surface area (Å²) in [6.07, 6.45) is 5.27. The predicted octanol–water partition coefficient (Wildman–Crippen LogP) is 3.66. The minimum Gasteiger partial charge on any atom is -0.322 e. The zero-order chi connectivity index (χ0) is 13.7. The van der Waals surface area contributed by atoms with E-state index in [1.54, 1.807) is 36.4 Å². The van der Waals surface area contributed by atoms with Crippen LogP contribution in [-0.4, -0.2) is 5.91 Å². The summed E-state index contributed by atoms with van der Waals surface area (Å²) in [6.45, 7) is 0. The average molecular weight is 270 g/mol. The molecule has 1 amide bonds. The minimum atomic E-state index is -0.158. The fourth-order valence-electron chi connectivity index (χ4n) is 1.60. The number of terminal acetylenes is 1. The van der Waals surface area contributed by atoms with Crippen LogP contribution >= 0.6 is 11.6 Å². The molecule has 0 aromatic heterocycles. The Labute approximate surface area is 117 Å². The van der Waals surface area contributed by atoms with E-state index in [0.717, 1.165) is 11.1 Å². The molecule has 94 valence electrons. The van der Waals surface area contributed by atoms with E-state index in [9.17, 15) is 4.79 Å². The summed E-state index contributed by atoms with van der Waals surface area (Å²) in [4.78, 5) is 12.0. The highest BCUT2D eigenvalue weighted by molar-refractivity contribution is 6.17. The molecule has 2 aromatic carbocycles. The summed E-state index contributed by atoms with van der Waals surface area (Å²) >= 11 is 5.70. The molecule has 2 rings (SSSR count). The molecular weight excluding hydrogens is 258 g/mol. The van der Waals surface area contributed by atoms with Crippen LogP contribution in [0.15, 0.2) is 48.5 Å². The first-order chi connectivity index (χ1) is 9.22. The zero-order valence-corrected chi connectivity index (χ0v) is 10.9. The molecule has 2 aromatic rings. The molecule has 0 saturated heterocycles. The highest BCUT2D eigenvalue weighted by atomic mass is 35.5. The summed E-state index contributed by atoms with van der Waals surface area (Å²) in [6, 6.07) is 14.3. The smallest absolute Gasteiger partial charge is 0.255 e. The van der Waals surface area contributed by atoms with E-state index in [1.165, 1.54) is 0 Å². The number of carbonyl (C=O) groups is 1.